The van der Waals surface area contributed by atoms with Crippen LogP contribution in [0.5, 0.6) is 0 Å². The van der Waals surface area contributed by atoms with Crippen molar-refractivity contribution in [3.63, 3.8) is 0 Å². The zero-order chi connectivity index (χ0) is 12.7. The molecule has 0 fully saturated rings. The lowest BCUT2D eigenvalue weighted by molar-refractivity contribution is 0.756. The molecule has 5 heteroatoms. The fraction of sp³-hybridized carbons (Fsp3) is 0.154. The minimum Gasteiger partial charge on any atom is -0.338 e. The van der Waals surface area contributed by atoms with E-state index in [1.807, 2.05) is 26.2 Å². The lowest BCUT2D eigenvalue weighted by Crippen LogP contribution is -1.86. The number of aromatic nitrogens is 4. The second-order valence-electron chi connectivity index (χ2n) is 4.23. The van der Waals surface area contributed by atoms with Gasteiger partial charge in [0, 0.05) is 13.2 Å². The summed E-state index contributed by atoms with van der Waals surface area (Å²) < 4.78 is 1.76. The van der Waals surface area contributed by atoms with E-state index < -0.39 is 0 Å². The lowest BCUT2D eigenvalue weighted by atomic mass is 10.2. The van der Waals surface area contributed by atoms with Gasteiger partial charge in [-0.25, -0.2) is 4.98 Å². The highest BCUT2D eigenvalue weighted by Crippen LogP contribution is 2.23. The van der Waals surface area contributed by atoms with Gasteiger partial charge in [-0.3, -0.25) is 4.68 Å². The van der Waals surface area contributed by atoms with Crippen LogP contribution in [0.4, 0.5) is 0 Å². The van der Waals surface area contributed by atoms with Crippen molar-refractivity contribution in [2.75, 3.05) is 0 Å². The van der Waals surface area contributed by atoms with Gasteiger partial charge in [-0.2, -0.15) is 10.4 Å². The Morgan fingerprint density at radius 3 is 2.89 bits per heavy atom. The predicted octanol–water partition coefficient (Wildman–Crippen LogP) is 2.14. The molecular formula is C13H11N5. The van der Waals surface area contributed by atoms with E-state index in [0.29, 0.717) is 5.56 Å². The van der Waals surface area contributed by atoms with Crippen LogP contribution in [-0.4, -0.2) is 19.7 Å². The highest BCUT2D eigenvalue weighted by molar-refractivity contribution is 5.80. The average molecular weight is 237 g/mol. The van der Waals surface area contributed by atoms with Gasteiger partial charge in [-0.05, 0) is 25.1 Å². The summed E-state index contributed by atoms with van der Waals surface area (Å²) in [5.41, 5.74) is 4.25. The summed E-state index contributed by atoms with van der Waals surface area (Å²) in [6, 6.07) is 7.54. The first kappa shape index (κ1) is 10.5. The highest BCUT2D eigenvalue weighted by Gasteiger charge is 2.10. The molecule has 0 atom stereocenters. The molecule has 0 unspecified atom stereocenters. The van der Waals surface area contributed by atoms with Crippen molar-refractivity contribution in [1.29, 1.82) is 5.26 Å². The summed E-state index contributed by atoms with van der Waals surface area (Å²) in [7, 11) is 1.88. The van der Waals surface area contributed by atoms with E-state index in [2.05, 4.69) is 21.1 Å². The van der Waals surface area contributed by atoms with Crippen LogP contribution < -0.4 is 0 Å². The van der Waals surface area contributed by atoms with Gasteiger partial charge in [-0.15, -0.1) is 0 Å². The lowest BCUT2D eigenvalue weighted by Gasteiger charge is -1.90. The second-order valence-corrected chi connectivity index (χ2v) is 4.23. The molecule has 2 aromatic heterocycles. The smallest absolute Gasteiger partial charge is 0.141 e. The molecule has 0 saturated carbocycles. The zero-order valence-electron chi connectivity index (χ0n) is 10.1. The number of fused-ring (bicyclic) bond motifs is 1. The molecule has 5 nitrogen and oxygen atoms in total. The first-order chi connectivity index (χ1) is 8.67. The van der Waals surface area contributed by atoms with Gasteiger partial charge < -0.3 is 4.98 Å². The first-order valence-electron chi connectivity index (χ1n) is 5.58. The summed E-state index contributed by atoms with van der Waals surface area (Å²) in [6.07, 6.45) is 1.93. The quantitative estimate of drug-likeness (QED) is 0.704. The molecule has 1 N–H and O–H groups in total. The van der Waals surface area contributed by atoms with Gasteiger partial charge in [0.05, 0.1) is 33.9 Å². The number of hydrogen-bond acceptors (Lipinski definition) is 3. The van der Waals surface area contributed by atoms with Crippen molar-refractivity contribution in [2.45, 2.75) is 6.92 Å². The maximum Gasteiger partial charge on any atom is 0.141 e. The number of imidazole rings is 1. The normalized spacial score (nSPS) is 10.7. The Hall–Kier alpha value is -2.61. The van der Waals surface area contributed by atoms with E-state index in [1.54, 1.807) is 16.8 Å². The molecule has 0 amide bonds. The van der Waals surface area contributed by atoms with Gasteiger partial charge in [-0.1, -0.05) is 0 Å². The number of aryl methyl sites for hydroxylation is 2. The summed E-state index contributed by atoms with van der Waals surface area (Å²) in [5, 5.41) is 13.2. The number of benzene rings is 1. The van der Waals surface area contributed by atoms with E-state index in [9.17, 15) is 0 Å². The Morgan fingerprint density at radius 1 is 1.39 bits per heavy atom. The highest BCUT2D eigenvalue weighted by atomic mass is 15.3. The third-order valence-electron chi connectivity index (χ3n) is 2.88. The van der Waals surface area contributed by atoms with Crippen LogP contribution in [0.2, 0.25) is 0 Å². The second kappa shape index (κ2) is 3.70. The summed E-state index contributed by atoms with van der Waals surface area (Å²) in [5.74, 6) is 0.783. The molecule has 3 rings (SSSR count). The average Bonchev–Trinajstić information content (AvgIpc) is 2.90. The van der Waals surface area contributed by atoms with Crippen LogP contribution >= 0.6 is 0 Å². The van der Waals surface area contributed by atoms with E-state index in [0.717, 1.165) is 28.1 Å². The van der Waals surface area contributed by atoms with Crippen LogP contribution in [-0.2, 0) is 7.05 Å². The molecule has 1 aromatic carbocycles. The fourth-order valence-corrected chi connectivity index (χ4v) is 2.04. The van der Waals surface area contributed by atoms with Crippen molar-refractivity contribution in [3.8, 4) is 17.5 Å². The Morgan fingerprint density at radius 2 is 2.22 bits per heavy atom. The van der Waals surface area contributed by atoms with Crippen molar-refractivity contribution in [2.24, 2.45) is 7.05 Å². The Bertz CT molecular complexity index is 772. The SMILES string of the molecule is Cc1nn(C)cc1-c1nc2ccc(C#N)cc2[nH]1. The van der Waals surface area contributed by atoms with E-state index in [1.165, 1.54) is 0 Å². The molecule has 0 aliphatic heterocycles. The molecule has 0 bridgehead atoms. The minimum atomic E-state index is 0.626. The van der Waals surface area contributed by atoms with Crippen molar-refractivity contribution in [1.82, 2.24) is 19.7 Å². The van der Waals surface area contributed by atoms with Gasteiger partial charge >= 0.3 is 0 Å². The Labute approximate surface area is 104 Å². The number of hydrogen-bond donors (Lipinski definition) is 1. The number of nitrogens with one attached hydrogen (secondary N) is 1. The van der Waals surface area contributed by atoms with E-state index >= 15 is 0 Å². The summed E-state index contributed by atoms with van der Waals surface area (Å²) in [4.78, 5) is 7.74. The number of nitriles is 1. The van der Waals surface area contributed by atoms with Gasteiger partial charge in [0.25, 0.3) is 0 Å². The summed E-state index contributed by atoms with van der Waals surface area (Å²) in [6.45, 7) is 1.95. The third-order valence-corrected chi connectivity index (χ3v) is 2.88. The molecule has 18 heavy (non-hydrogen) atoms. The fourth-order valence-electron chi connectivity index (χ4n) is 2.04. The van der Waals surface area contributed by atoms with Crippen LogP contribution in [0.15, 0.2) is 24.4 Å². The summed E-state index contributed by atoms with van der Waals surface area (Å²) >= 11 is 0. The number of aromatic amines is 1. The maximum absolute atomic E-state index is 8.87. The largest absolute Gasteiger partial charge is 0.338 e. The molecular weight excluding hydrogens is 226 g/mol. The monoisotopic (exact) mass is 237 g/mol. The van der Waals surface area contributed by atoms with Crippen LogP contribution in [0, 0.1) is 18.3 Å². The van der Waals surface area contributed by atoms with E-state index in [4.69, 9.17) is 5.26 Å². The molecule has 0 radical (unpaired) electrons. The zero-order valence-corrected chi connectivity index (χ0v) is 10.1. The predicted molar refractivity (Wildman–Crippen MR) is 67.7 cm³/mol. The number of rotatable bonds is 1. The Kier molecular flexibility index (Phi) is 2.17. The number of nitrogens with zero attached hydrogens (tertiary/aromatic N) is 4. The molecule has 88 valence electrons. The first-order valence-corrected chi connectivity index (χ1v) is 5.58. The third kappa shape index (κ3) is 1.55. The molecule has 3 aromatic rings. The van der Waals surface area contributed by atoms with Gasteiger partial charge in [0.1, 0.15) is 5.82 Å². The minimum absolute atomic E-state index is 0.626. The number of H-pyrrole nitrogens is 1. The molecule has 0 aliphatic rings. The Balaban J connectivity index is 2.19. The van der Waals surface area contributed by atoms with Gasteiger partial charge in [0.15, 0.2) is 0 Å². The van der Waals surface area contributed by atoms with E-state index in [-0.39, 0.29) is 0 Å². The van der Waals surface area contributed by atoms with Crippen molar-refractivity contribution in [3.05, 3.63) is 35.7 Å². The molecule has 0 saturated heterocycles. The molecule has 0 aliphatic carbocycles. The van der Waals surface area contributed by atoms with Crippen molar-refractivity contribution >= 4 is 11.0 Å². The molecule has 0 spiro atoms. The standard InChI is InChI=1S/C13H11N5/c1-8-10(7-18(2)17-8)13-15-11-4-3-9(6-14)5-12(11)16-13/h3-5,7H,1-2H3,(H,15,16). The molecule has 2 heterocycles. The van der Waals surface area contributed by atoms with Crippen molar-refractivity contribution < 1.29 is 0 Å². The van der Waals surface area contributed by atoms with Gasteiger partial charge in [0.2, 0.25) is 0 Å². The topological polar surface area (TPSA) is 70.3 Å². The van der Waals surface area contributed by atoms with Crippen LogP contribution in [0.3, 0.4) is 0 Å². The van der Waals surface area contributed by atoms with Crippen LogP contribution in [0.25, 0.3) is 22.4 Å². The maximum atomic E-state index is 8.87. The van der Waals surface area contributed by atoms with Crippen LogP contribution in [0.1, 0.15) is 11.3 Å².